The van der Waals surface area contributed by atoms with Gasteiger partial charge in [0.1, 0.15) is 11.4 Å². The summed E-state index contributed by atoms with van der Waals surface area (Å²) in [5.74, 6) is 0.0943. The molecule has 0 unspecified atom stereocenters. The van der Waals surface area contributed by atoms with Crippen LogP contribution in [-0.4, -0.2) is 10.9 Å². The summed E-state index contributed by atoms with van der Waals surface area (Å²) in [6, 6.07) is 15.3. The fourth-order valence-corrected chi connectivity index (χ4v) is 4.23. The van der Waals surface area contributed by atoms with E-state index >= 15 is 0 Å². The third kappa shape index (κ3) is 2.95. The summed E-state index contributed by atoms with van der Waals surface area (Å²) in [5, 5.41) is 0.770. The molecule has 148 valence electrons. The van der Waals surface area contributed by atoms with Crippen LogP contribution in [-0.2, 0) is 0 Å². The van der Waals surface area contributed by atoms with Gasteiger partial charge in [-0.25, -0.2) is 4.98 Å². The zero-order chi connectivity index (χ0) is 21.0. The van der Waals surface area contributed by atoms with Gasteiger partial charge in [-0.15, -0.1) is 0 Å². The van der Waals surface area contributed by atoms with Gasteiger partial charge < -0.3 is 4.42 Å². The van der Waals surface area contributed by atoms with E-state index in [2.05, 4.69) is 20.9 Å². The number of hydrogen-bond donors (Lipinski definition) is 0. The molecule has 0 aliphatic carbocycles. The zero-order valence-electron chi connectivity index (χ0n) is 15.7. The number of pyridine rings is 1. The number of fused-ring (bicyclic) bond motifs is 2. The number of carbonyl (C=O) groups excluding carboxylic acids is 1. The Morgan fingerprint density at radius 1 is 1.07 bits per heavy atom. The van der Waals surface area contributed by atoms with Gasteiger partial charge in [0.05, 0.1) is 17.0 Å². The number of rotatable bonds is 2. The lowest BCUT2D eigenvalue weighted by molar-refractivity contribution is 0.0970. The Bertz CT molecular complexity index is 1380. The average molecular weight is 482 g/mol. The molecule has 2 aromatic heterocycles. The van der Waals surface area contributed by atoms with Crippen molar-refractivity contribution in [3.8, 4) is 0 Å². The van der Waals surface area contributed by atoms with Gasteiger partial charge >= 0.3 is 0 Å². The van der Waals surface area contributed by atoms with E-state index in [1.807, 2.05) is 43.3 Å². The quantitative estimate of drug-likeness (QED) is 0.370. The van der Waals surface area contributed by atoms with Crippen LogP contribution in [0.25, 0.3) is 11.0 Å². The molecule has 4 aromatic rings. The molecule has 0 saturated carbocycles. The number of nitrogens with zero attached hydrogens (tertiary/aromatic N) is 2. The van der Waals surface area contributed by atoms with Crippen molar-refractivity contribution in [2.24, 2.45) is 0 Å². The highest BCUT2D eigenvalue weighted by Gasteiger charge is 2.44. The molecule has 0 N–H and O–H groups in total. The average Bonchev–Trinajstić information content (AvgIpc) is 3.02. The molecule has 5 nitrogen and oxygen atoms in total. The highest BCUT2D eigenvalue weighted by molar-refractivity contribution is 9.10. The Kier molecular flexibility index (Phi) is 4.49. The number of amides is 1. The molecule has 1 amide bonds. The second kappa shape index (κ2) is 7.07. The highest BCUT2D eigenvalue weighted by atomic mass is 79.9. The lowest BCUT2D eigenvalue weighted by Gasteiger charge is -2.24. The SMILES string of the molecule is Cc1ccnc(N2C(=O)c3oc4ccc(Cl)cc4c(=O)c3[C@H]2c2ccc(Br)cc2)c1. The van der Waals surface area contributed by atoms with Crippen LogP contribution >= 0.6 is 27.5 Å². The summed E-state index contributed by atoms with van der Waals surface area (Å²) >= 11 is 9.54. The van der Waals surface area contributed by atoms with Crippen LogP contribution in [0.3, 0.4) is 0 Å². The van der Waals surface area contributed by atoms with Crippen molar-refractivity contribution in [3.63, 3.8) is 0 Å². The Morgan fingerprint density at radius 2 is 1.83 bits per heavy atom. The Hall–Kier alpha value is -2.96. The van der Waals surface area contributed by atoms with Gasteiger partial charge in [0, 0.05) is 15.7 Å². The van der Waals surface area contributed by atoms with Crippen molar-refractivity contribution >= 4 is 50.2 Å². The molecular weight excluding hydrogens is 468 g/mol. The Morgan fingerprint density at radius 3 is 2.57 bits per heavy atom. The molecule has 7 heteroatoms. The van der Waals surface area contributed by atoms with Crippen LogP contribution < -0.4 is 10.3 Å². The summed E-state index contributed by atoms with van der Waals surface area (Å²) < 4.78 is 6.82. The van der Waals surface area contributed by atoms with E-state index in [4.69, 9.17) is 16.0 Å². The van der Waals surface area contributed by atoms with Gasteiger partial charge in [-0.2, -0.15) is 0 Å². The minimum Gasteiger partial charge on any atom is -0.450 e. The summed E-state index contributed by atoms with van der Waals surface area (Å²) in [4.78, 5) is 32.8. The molecule has 0 bridgehead atoms. The fraction of sp³-hybridized carbons (Fsp3) is 0.0870. The van der Waals surface area contributed by atoms with Gasteiger partial charge in [-0.3, -0.25) is 14.5 Å². The van der Waals surface area contributed by atoms with E-state index < -0.39 is 11.9 Å². The Labute approximate surface area is 185 Å². The zero-order valence-corrected chi connectivity index (χ0v) is 18.1. The third-order valence-corrected chi connectivity index (χ3v) is 5.93. The number of anilines is 1. The standard InChI is InChI=1S/C23H14BrClN2O3/c1-12-8-9-26-18(10-12)27-20(13-2-4-14(24)5-3-13)19-21(28)16-11-15(25)6-7-17(16)30-22(19)23(27)29/h2-11,20H,1H3/t20-/m1/s1. The number of aryl methyl sites for hydroxylation is 1. The number of benzene rings is 2. The normalized spacial score (nSPS) is 15.6. The van der Waals surface area contributed by atoms with Crippen LogP contribution in [0.1, 0.15) is 33.3 Å². The summed E-state index contributed by atoms with van der Waals surface area (Å²) in [7, 11) is 0. The van der Waals surface area contributed by atoms with Crippen molar-refractivity contribution < 1.29 is 9.21 Å². The second-order valence-electron chi connectivity index (χ2n) is 7.14. The molecular formula is C23H14BrClN2O3. The Balaban J connectivity index is 1.83. The summed E-state index contributed by atoms with van der Waals surface area (Å²) in [6.07, 6.45) is 1.64. The van der Waals surface area contributed by atoms with Crippen LogP contribution in [0, 0.1) is 6.92 Å². The second-order valence-corrected chi connectivity index (χ2v) is 8.49. The van der Waals surface area contributed by atoms with Crippen LogP contribution in [0.5, 0.6) is 0 Å². The maximum atomic E-state index is 13.5. The molecule has 0 spiro atoms. The largest absolute Gasteiger partial charge is 0.450 e. The number of hydrogen-bond acceptors (Lipinski definition) is 4. The lowest BCUT2D eigenvalue weighted by Crippen LogP contribution is -2.30. The van der Waals surface area contributed by atoms with E-state index in [0.29, 0.717) is 27.4 Å². The monoisotopic (exact) mass is 480 g/mol. The smallest absolute Gasteiger partial charge is 0.296 e. The predicted octanol–water partition coefficient (Wildman–Crippen LogP) is 5.66. The molecule has 0 saturated heterocycles. The van der Waals surface area contributed by atoms with Gasteiger partial charge in [0.25, 0.3) is 5.91 Å². The van der Waals surface area contributed by atoms with Crippen LogP contribution in [0.4, 0.5) is 5.82 Å². The minimum atomic E-state index is -0.658. The molecule has 1 aliphatic rings. The van der Waals surface area contributed by atoms with E-state index in [9.17, 15) is 9.59 Å². The van der Waals surface area contributed by atoms with E-state index in [1.165, 1.54) is 4.90 Å². The molecule has 1 atom stereocenters. The molecule has 3 heterocycles. The van der Waals surface area contributed by atoms with Crippen molar-refractivity contribution in [1.29, 1.82) is 0 Å². The predicted molar refractivity (Wildman–Crippen MR) is 119 cm³/mol. The van der Waals surface area contributed by atoms with Gasteiger partial charge in [-0.1, -0.05) is 39.7 Å². The van der Waals surface area contributed by atoms with Crippen molar-refractivity contribution in [1.82, 2.24) is 4.98 Å². The molecule has 5 rings (SSSR count). The number of halogens is 2. The first-order valence-corrected chi connectivity index (χ1v) is 10.4. The first-order chi connectivity index (χ1) is 14.4. The molecule has 0 fully saturated rings. The van der Waals surface area contributed by atoms with E-state index in [0.717, 1.165) is 15.6 Å². The van der Waals surface area contributed by atoms with Gasteiger partial charge in [-0.05, 0) is 60.5 Å². The van der Waals surface area contributed by atoms with Crippen LogP contribution in [0.2, 0.25) is 5.02 Å². The summed E-state index contributed by atoms with van der Waals surface area (Å²) in [6.45, 7) is 1.92. The lowest BCUT2D eigenvalue weighted by atomic mass is 9.98. The first-order valence-electron chi connectivity index (χ1n) is 9.22. The number of aromatic nitrogens is 1. The topological polar surface area (TPSA) is 63.4 Å². The molecule has 30 heavy (non-hydrogen) atoms. The third-order valence-electron chi connectivity index (χ3n) is 5.17. The van der Waals surface area contributed by atoms with E-state index in [-0.39, 0.29) is 11.2 Å². The van der Waals surface area contributed by atoms with Crippen molar-refractivity contribution in [2.75, 3.05) is 4.90 Å². The first kappa shape index (κ1) is 19.0. The van der Waals surface area contributed by atoms with Crippen molar-refractivity contribution in [3.05, 3.63) is 103 Å². The number of carbonyl (C=O) groups is 1. The molecule has 0 radical (unpaired) electrons. The maximum absolute atomic E-state index is 13.5. The van der Waals surface area contributed by atoms with Crippen molar-refractivity contribution in [2.45, 2.75) is 13.0 Å². The molecule has 2 aromatic carbocycles. The van der Waals surface area contributed by atoms with E-state index in [1.54, 1.807) is 24.4 Å². The fourth-order valence-electron chi connectivity index (χ4n) is 3.79. The maximum Gasteiger partial charge on any atom is 0.296 e. The molecule has 1 aliphatic heterocycles. The van der Waals surface area contributed by atoms with Gasteiger partial charge in [0.15, 0.2) is 5.43 Å². The van der Waals surface area contributed by atoms with Gasteiger partial charge in [0.2, 0.25) is 5.76 Å². The minimum absolute atomic E-state index is 0.0334. The summed E-state index contributed by atoms with van der Waals surface area (Å²) in [5.41, 5.74) is 2.08. The highest BCUT2D eigenvalue weighted by Crippen LogP contribution is 2.41. The van der Waals surface area contributed by atoms with Crippen LogP contribution in [0.15, 0.2) is 74.5 Å².